The maximum absolute atomic E-state index is 7.16. The maximum atomic E-state index is 7.16. The molecule has 170 valence electrons. The molecule has 30 heavy (non-hydrogen) atoms. The Hall–Kier alpha value is -0.643. The van der Waals surface area contributed by atoms with E-state index in [0.717, 1.165) is 11.8 Å². The molecule has 2 aliphatic carbocycles. The molecule has 0 saturated heterocycles. The highest BCUT2D eigenvalue weighted by Gasteiger charge is 2.45. The summed E-state index contributed by atoms with van der Waals surface area (Å²) in [5.74, 6) is 4.22. The van der Waals surface area contributed by atoms with Gasteiger partial charge in [-0.2, -0.15) is 0 Å². The highest BCUT2D eigenvalue weighted by molar-refractivity contribution is 6.80. The molecule has 2 fully saturated rings. The summed E-state index contributed by atoms with van der Waals surface area (Å²) < 4.78 is 14.3. The van der Waals surface area contributed by atoms with Crippen molar-refractivity contribution in [2.24, 2.45) is 35.5 Å². The van der Waals surface area contributed by atoms with E-state index in [-0.39, 0.29) is 0 Å². The molecule has 0 aromatic heterocycles. The van der Waals surface area contributed by atoms with Crippen LogP contribution in [0.5, 0.6) is 0 Å². The summed E-state index contributed by atoms with van der Waals surface area (Å²) in [6.45, 7) is 16.6. The van der Waals surface area contributed by atoms with Crippen LogP contribution in [0.4, 0.5) is 0 Å². The normalized spacial score (nSPS) is 33.2. The van der Waals surface area contributed by atoms with E-state index in [1.54, 1.807) is 0 Å². The highest BCUT2D eigenvalue weighted by atomic mass is 28.4. The topological polar surface area (TPSA) is 18.5 Å². The summed E-state index contributed by atoms with van der Waals surface area (Å²) in [7, 11) is -2.52. The minimum atomic E-state index is -2.52. The number of hydrogen-bond donors (Lipinski definition) is 0. The first-order valence-electron chi connectivity index (χ1n) is 12.6. The van der Waals surface area contributed by atoms with Gasteiger partial charge in [0.25, 0.3) is 0 Å². The molecule has 0 radical (unpaired) electrons. The zero-order chi connectivity index (χ0) is 21.9. The van der Waals surface area contributed by atoms with Crippen molar-refractivity contribution >= 4 is 13.7 Å². The molecular weight excluding hydrogens is 384 g/mol. The average Bonchev–Trinajstić information content (AvgIpc) is 2.71. The first kappa shape index (κ1) is 24.0. The SMILES string of the molecule is CC(C)[C@H]1C[C@H](C)CC[C@H]1O[Si](C)(O[C@@H]1CC[C@@H](C)C[C@@H]1C(C)C)c1ccccc1. The molecule has 0 heterocycles. The lowest BCUT2D eigenvalue weighted by atomic mass is 9.75. The van der Waals surface area contributed by atoms with E-state index in [4.69, 9.17) is 8.85 Å². The molecule has 6 atom stereocenters. The predicted molar refractivity (Wildman–Crippen MR) is 130 cm³/mol. The van der Waals surface area contributed by atoms with E-state index >= 15 is 0 Å². The van der Waals surface area contributed by atoms with Crippen LogP contribution in [0.25, 0.3) is 0 Å². The summed E-state index contributed by atoms with van der Waals surface area (Å²) in [5, 5.41) is 1.30. The molecule has 3 heteroatoms. The van der Waals surface area contributed by atoms with Crippen molar-refractivity contribution in [2.75, 3.05) is 0 Å². The van der Waals surface area contributed by atoms with Gasteiger partial charge in [0.1, 0.15) is 0 Å². The van der Waals surface area contributed by atoms with Crippen molar-refractivity contribution in [1.82, 2.24) is 0 Å². The van der Waals surface area contributed by atoms with Gasteiger partial charge in [-0.1, -0.05) is 71.9 Å². The quantitative estimate of drug-likeness (QED) is 0.437. The average molecular weight is 431 g/mol. The molecule has 0 N–H and O–H groups in total. The standard InChI is InChI=1S/C27H46O2Si/c1-19(2)24-17-21(5)13-15-26(24)28-30(7,23-11-9-8-10-12-23)29-27-16-14-22(6)18-25(27)20(3)4/h8-12,19-22,24-27H,13-18H2,1-7H3/t21-,22-,24-,25-,26-,27-/m1/s1. The smallest absolute Gasteiger partial charge is 0.369 e. The van der Waals surface area contributed by atoms with Crippen LogP contribution in [0.2, 0.25) is 6.55 Å². The van der Waals surface area contributed by atoms with Crippen molar-refractivity contribution in [2.45, 2.75) is 98.8 Å². The summed E-state index contributed by atoms with van der Waals surface area (Å²) in [4.78, 5) is 0. The third kappa shape index (κ3) is 5.78. The van der Waals surface area contributed by atoms with Crippen LogP contribution in [-0.4, -0.2) is 20.8 Å². The van der Waals surface area contributed by atoms with Crippen LogP contribution in [0.1, 0.15) is 80.1 Å². The van der Waals surface area contributed by atoms with Crippen molar-refractivity contribution < 1.29 is 8.85 Å². The van der Waals surface area contributed by atoms with Crippen molar-refractivity contribution in [3.63, 3.8) is 0 Å². The second kappa shape index (κ2) is 10.3. The van der Waals surface area contributed by atoms with E-state index in [1.807, 2.05) is 0 Å². The Bertz CT molecular complexity index is 610. The van der Waals surface area contributed by atoms with Gasteiger partial charge >= 0.3 is 8.56 Å². The molecule has 2 nitrogen and oxygen atoms in total. The lowest BCUT2D eigenvalue weighted by Crippen LogP contribution is -2.58. The maximum Gasteiger partial charge on any atom is 0.369 e. The largest absolute Gasteiger partial charge is 0.388 e. The number of benzene rings is 1. The van der Waals surface area contributed by atoms with Crippen molar-refractivity contribution in [3.05, 3.63) is 30.3 Å². The zero-order valence-corrected chi connectivity index (χ0v) is 21.6. The molecule has 0 spiro atoms. The van der Waals surface area contributed by atoms with Gasteiger partial charge in [-0.05, 0) is 85.8 Å². The minimum absolute atomic E-state index is 0.332. The Labute approximate surface area is 187 Å². The van der Waals surface area contributed by atoms with E-state index in [2.05, 4.69) is 78.4 Å². The fourth-order valence-corrected chi connectivity index (χ4v) is 8.84. The van der Waals surface area contributed by atoms with Gasteiger partial charge in [0.15, 0.2) is 0 Å². The van der Waals surface area contributed by atoms with Gasteiger partial charge in [-0.3, -0.25) is 0 Å². The molecule has 2 saturated carbocycles. The summed E-state index contributed by atoms with van der Waals surface area (Å²) in [6.07, 6.45) is 8.16. The van der Waals surface area contributed by atoms with Gasteiger partial charge in [0.2, 0.25) is 0 Å². The highest BCUT2D eigenvalue weighted by Crippen LogP contribution is 2.40. The second-order valence-electron chi connectivity index (χ2n) is 11.3. The Balaban J connectivity index is 1.86. The van der Waals surface area contributed by atoms with E-state index in [0.29, 0.717) is 35.9 Å². The monoisotopic (exact) mass is 430 g/mol. The molecule has 0 amide bonds. The molecule has 1 aromatic carbocycles. The molecule has 0 bridgehead atoms. The van der Waals surface area contributed by atoms with Crippen LogP contribution >= 0.6 is 0 Å². The lowest BCUT2D eigenvalue weighted by Gasteiger charge is -2.45. The van der Waals surface area contributed by atoms with Crippen molar-refractivity contribution in [3.8, 4) is 0 Å². The third-order valence-electron chi connectivity index (χ3n) is 7.96. The van der Waals surface area contributed by atoms with E-state index in [1.165, 1.54) is 43.7 Å². The van der Waals surface area contributed by atoms with Gasteiger partial charge in [0.05, 0.1) is 12.2 Å². The Morgan fingerprint density at radius 3 is 1.57 bits per heavy atom. The van der Waals surface area contributed by atoms with Crippen LogP contribution < -0.4 is 5.19 Å². The molecule has 2 aliphatic rings. The zero-order valence-electron chi connectivity index (χ0n) is 20.6. The first-order chi connectivity index (χ1) is 14.2. The van der Waals surface area contributed by atoms with Crippen molar-refractivity contribution in [1.29, 1.82) is 0 Å². The second-order valence-corrected chi connectivity index (χ2v) is 14.2. The van der Waals surface area contributed by atoms with Crippen LogP contribution in [-0.2, 0) is 8.85 Å². The number of rotatable bonds is 7. The molecule has 3 rings (SSSR count). The fraction of sp³-hybridized carbons (Fsp3) is 0.778. The Kier molecular flexibility index (Phi) is 8.26. The molecule has 0 unspecified atom stereocenters. The van der Waals surface area contributed by atoms with Crippen LogP contribution in [0.15, 0.2) is 30.3 Å². The summed E-state index contributed by atoms with van der Waals surface area (Å²) in [5.41, 5.74) is 0. The minimum Gasteiger partial charge on any atom is -0.388 e. The van der Waals surface area contributed by atoms with E-state index in [9.17, 15) is 0 Å². The van der Waals surface area contributed by atoms with Crippen LogP contribution in [0.3, 0.4) is 0 Å². The summed E-state index contributed by atoms with van der Waals surface area (Å²) in [6, 6.07) is 10.9. The fourth-order valence-electron chi connectivity index (χ4n) is 5.97. The molecule has 0 aliphatic heterocycles. The van der Waals surface area contributed by atoms with Crippen LogP contribution in [0, 0.1) is 35.5 Å². The summed E-state index contributed by atoms with van der Waals surface area (Å²) >= 11 is 0. The predicted octanol–water partition coefficient (Wildman–Crippen LogP) is 6.92. The first-order valence-corrected chi connectivity index (χ1v) is 14.9. The molecular formula is C27H46O2Si. The van der Waals surface area contributed by atoms with Gasteiger partial charge in [0, 0.05) is 0 Å². The number of hydrogen-bond acceptors (Lipinski definition) is 2. The van der Waals surface area contributed by atoms with Gasteiger partial charge in [-0.15, -0.1) is 0 Å². The van der Waals surface area contributed by atoms with E-state index < -0.39 is 8.56 Å². The lowest BCUT2D eigenvalue weighted by molar-refractivity contribution is -0.0185. The third-order valence-corrected chi connectivity index (χ3v) is 10.8. The Morgan fingerprint density at radius 2 is 1.17 bits per heavy atom. The Morgan fingerprint density at radius 1 is 0.733 bits per heavy atom. The molecule has 1 aromatic rings. The van der Waals surface area contributed by atoms with Gasteiger partial charge in [-0.25, -0.2) is 0 Å². The van der Waals surface area contributed by atoms with Gasteiger partial charge < -0.3 is 8.85 Å².